The minimum atomic E-state index is -1.54. The van der Waals surface area contributed by atoms with E-state index in [9.17, 15) is 9.59 Å². The predicted octanol–water partition coefficient (Wildman–Crippen LogP) is -1.45. The molecule has 86 valence electrons. The molecule has 6 heteroatoms. The molecule has 0 bridgehead atoms. The van der Waals surface area contributed by atoms with Gasteiger partial charge in [-0.25, -0.2) is 4.79 Å². The second kappa shape index (κ2) is 4.59. The summed E-state index contributed by atoms with van der Waals surface area (Å²) in [5.41, 5.74) is -0.488. The molecule has 0 aliphatic carbocycles. The number of aliphatic hydroxyl groups is 1. The van der Waals surface area contributed by atoms with E-state index >= 15 is 0 Å². The lowest BCUT2D eigenvalue weighted by Crippen LogP contribution is -2.44. The van der Waals surface area contributed by atoms with Crippen LogP contribution in [-0.4, -0.2) is 47.8 Å². The first-order valence-electron chi connectivity index (χ1n) is 4.85. The van der Waals surface area contributed by atoms with Crippen LogP contribution in [0.3, 0.4) is 0 Å². The zero-order valence-electron chi connectivity index (χ0n) is 8.62. The molecule has 1 aliphatic heterocycles. The predicted molar refractivity (Wildman–Crippen MR) is 52.2 cm³/mol. The number of carboxylic acid groups (broad SMARTS) is 1. The van der Waals surface area contributed by atoms with E-state index in [1.54, 1.807) is 0 Å². The van der Waals surface area contributed by atoms with Crippen molar-refractivity contribution in [3.05, 3.63) is 0 Å². The van der Waals surface area contributed by atoms with Crippen LogP contribution in [0, 0.1) is 5.41 Å². The van der Waals surface area contributed by atoms with Gasteiger partial charge in [0.05, 0.1) is 12.0 Å². The van der Waals surface area contributed by atoms with E-state index in [2.05, 4.69) is 10.6 Å². The summed E-state index contributed by atoms with van der Waals surface area (Å²) in [7, 11) is 0. The van der Waals surface area contributed by atoms with E-state index in [1.807, 2.05) is 6.92 Å². The number of aliphatic hydroxyl groups excluding tert-OH is 1. The number of carbonyl (C=O) groups is 2. The van der Waals surface area contributed by atoms with Crippen molar-refractivity contribution in [2.45, 2.75) is 19.4 Å². The van der Waals surface area contributed by atoms with Gasteiger partial charge in [0.25, 0.3) is 0 Å². The molecule has 1 fully saturated rings. The number of carboxylic acids is 1. The lowest BCUT2D eigenvalue weighted by Gasteiger charge is -2.21. The summed E-state index contributed by atoms with van der Waals surface area (Å²) < 4.78 is 0. The van der Waals surface area contributed by atoms with Crippen molar-refractivity contribution >= 4 is 11.9 Å². The number of hydrogen-bond acceptors (Lipinski definition) is 4. The van der Waals surface area contributed by atoms with Crippen molar-refractivity contribution < 1.29 is 19.8 Å². The maximum Gasteiger partial charge on any atom is 0.334 e. The minimum absolute atomic E-state index is 0.215. The average Bonchev–Trinajstić information content (AvgIpc) is 2.62. The van der Waals surface area contributed by atoms with Crippen LogP contribution in [0.25, 0.3) is 0 Å². The van der Waals surface area contributed by atoms with Gasteiger partial charge in [-0.1, -0.05) is 0 Å². The van der Waals surface area contributed by atoms with Crippen LogP contribution in [0.4, 0.5) is 0 Å². The fourth-order valence-electron chi connectivity index (χ4n) is 1.50. The number of rotatable bonds is 4. The van der Waals surface area contributed by atoms with Gasteiger partial charge < -0.3 is 20.8 Å². The van der Waals surface area contributed by atoms with Gasteiger partial charge in [0.1, 0.15) is 0 Å². The first-order chi connectivity index (χ1) is 6.96. The molecule has 1 unspecified atom stereocenters. The van der Waals surface area contributed by atoms with Gasteiger partial charge in [-0.15, -0.1) is 0 Å². The maximum absolute atomic E-state index is 11.6. The lowest BCUT2D eigenvalue weighted by atomic mass is 9.89. The molecule has 0 aromatic rings. The number of aliphatic carboxylic acids is 1. The van der Waals surface area contributed by atoms with Gasteiger partial charge in [-0.05, 0) is 19.9 Å². The Morgan fingerprint density at radius 1 is 1.60 bits per heavy atom. The number of carbonyl (C=O) groups excluding carboxylic acids is 1. The van der Waals surface area contributed by atoms with Crippen LogP contribution in [0.2, 0.25) is 0 Å². The van der Waals surface area contributed by atoms with Crippen LogP contribution >= 0.6 is 0 Å². The van der Waals surface area contributed by atoms with Crippen LogP contribution in [0.15, 0.2) is 0 Å². The fraction of sp³-hybridized carbons (Fsp3) is 0.778. The second-order valence-corrected chi connectivity index (χ2v) is 4.05. The SMILES string of the molecule is CC1(C(=O)NC[C@H](O)C(=O)O)CCNC1. The Labute approximate surface area is 87.7 Å². The number of amides is 1. The van der Waals surface area contributed by atoms with Crippen molar-refractivity contribution in [1.29, 1.82) is 0 Å². The number of nitrogens with one attached hydrogen (secondary N) is 2. The van der Waals surface area contributed by atoms with Crippen LogP contribution in [-0.2, 0) is 9.59 Å². The van der Waals surface area contributed by atoms with Gasteiger partial charge in [-0.2, -0.15) is 0 Å². The molecule has 0 aromatic heterocycles. The molecular formula is C9H16N2O4. The standard InChI is InChI=1S/C9H16N2O4/c1-9(2-3-10-5-9)8(15)11-4-6(12)7(13)14/h6,10,12H,2-5H2,1H3,(H,11,15)(H,13,14)/t6-,9?/m0/s1. The maximum atomic E-state index is 11.6. The molecule has 1 heterocycles. The van der Waals surface area contributed by atoms with E-state index in [4.69, 9.17) is 10.2 Å². The summed E-state index contributed by atoms with van der Waals surface area (Å²) >= 11 is 0. The Morgan fingerprint density at radius 2 is 2.27 bits per heavy atom. The third-order valence-corrected chi connectivity index (χ3v) is 2.66. The molecule has 1 saturated heterocycles. The summed E-state index contributed by atoms with van der Waals surface area (Å²) in [6, 6.07) is 0. The Kier molecular flexibility index (Phi) is 3.65. The molecule has 1 aliphatic rings. The summed E-state index contributed by atoms with van der Waals surface area (Å²) in [5.74, 6) is -1.54. The third kappa shape index (κ3) is 2.90. The first kappa shape index (κ1) is 11.9. The Bertz CT molecular complexity index is 261. The van der Waals surface area contributed by atoms with E-state index < -0.39 is 17.5 Å². The molecule has 6 nitrogen and oxygen atoms in total. The minimum Gasteiger partial charge on any atom is -0.479 e. The van der Waals surface area contributed by atoms with Gasteiger partial charge in [0, 0.05) is 6.54 Å². The van der Waals surface area contributed by atoms with Gasteiger partial charge in [0.15, 0.2) is 6.10 Å². The Balaban J connectivity index is 2.39. The zero-order chi connectivity index (χ0) is 11.5. The molecule has 0 aromatic carbocycles. The summed E-state index contributed by atoms with van der Waals surface area (Å²) in [6.45, 7) is 2.94. The van der Waals surface area contributed by atoms with Crippen molar-refractivity contribution in [1.82, 2.24) is 10.6 Å². The van der Waals surface area contributed by atoms with Gasteiger partial charge in [0.2, 0.25) is 5.91 Å². The Morgan fingerprint density at radius 3 is 2.73 bits per heavy atom. The van der Waals surface area contributed by atoms with Crippen molar-refractivity contribution in [2.75, 3.05) is 19.6 Å². The lowest BCUT2D eigenvalue weighted by molar-refractivity contribution is -0.146. The summed E-state index contributed by atoms with van der Waals surface area (Å²) in [6.07, 6.45) is -0.811. The molecule has 2 atom stereocenters. The quantitative estimate of drug-likeness (QED) is 0.461. The fourth-order valence-corrected chi connectivity index (χ4v) is 1.50. The topological polar surface area (TPSA) is 98.7 Å². The van der Waals surface area contributed by atoms with Crippen LogP contribution in [0.1, 0.15) is 13.3 Å². The highest BCUT2D eigenvalue weighted by Crippen LogP contribution is 2.24. The van der Waals surface area contributed by atoms with E-state index in [-0.39, 0.29) is 12.5 Å². The molecule has 0 radical (unpaired) electrons. The zero-order valence-corrected chi connectivity index (χ0v) is 8.62. The monoisotopic (exact) mass is 216 g/mol. The highest BCUT2D eigenvalue weighted by atomic mass is 16.4. The first-order valence-corrected chi connectivity index (χ1v) is 4.85. The largest absolute Gasteiger partial charge is 0.479 e. The van der Waals surface area contributed by atoms with Gasteiger partial charge >= 0.3 is 5.97 Å². The van der Waals surface area contributed by atoms with E-state index in [1.165, 1.54) is 0 Å². The highest BCUT2D eigenvalue weighted by Gasteiger charge is 2.36. The van der Waals surface area contributed by atoms with E-state index in [0.29, 0.717) is 6.54 Å². The highest BCUT2D eigenvalue weighted by molar-refractivity contribution is 5.83. The van der Waals surface area contributed by atoms with Crippen LogP contribution < -0.4 is 10.6 Å². The summed E-state index contributed by atoms with van der Waals surface area (Å²) in [5, 5.41) is 22.9. The summed E-state index contributed by atoms with van der Waals surface area (Å²) in [4.78, 5) is 21.9. The molecule has 1 amide bonds. The van der Waals surface area contributed by atoms with E-state index in [0.717, 1.165) is 13.0 Å². The third-order valence-electron chi connectivity index (χ3n) is 2.66. The van der Waals surface area contributed by atoms with Crippen molar-refractivity contribution in [3.8, 4) is 0 Å². The molecular weight excluding hydrogens is 200 g/mol. The molecule has 1 rings (SSSR count). The van der Waals surface area contributed by atoms with Gasteiger partial charge in [-0.3, -0.25) is 4.79 Å². The molecule has 0 spiro atoms. The smallest absolute Gasteiger partial charge is 0.334 e. The van der Waals surface area contributed by atoms with Crippen molar-refractivity contribution in [2.24, 2.45) is 5.41 Å². The normalized spacial score (nSPS) is 27.3. The van der Waals surface area contributed by atoms with Crippen molar-refractivity contribution in [3.63, 3.8) is 0 Å². The Hall–Kier alpha value is -1.14. The average molecular weight is 216 g/mol. The van der Waals surface area contributed by atoms with Crippen LogP contribution in [0.5, 0.6) is 0 Å². The number of hydrogen-bond donors (Lipinski definition) is 4. The molecule has 15 heavy (non-hydrogen) atoms. The molecule has 0 saturated carbocycles. The second-order valence-electron chi connectivity index (χ2n) is 4.05. The molecule has 4 N–H and O–H groups in total.